The molecule has 0 aromatic heterocycles. The third-order valence-electron chi connectivity index (χ3n) is 17.4. The van der Waals surface area contributed by atoms with Crippen LogP contribution in [0.5, 0.6) is 23.0 Å². The molecule has 8 bridgehead atoms. The number of carbonyl (C=O) groups excluding carboxylic acids is 6. The molecule has 0 atom stereocenters. The Hall–Kier alpha value is -7.42. The molecular formula is C82H116O15. The molecule has 0 N–H and O–H groups in total. The fraction of sp³-hybridized carbons (Fsp3) is 0.585. The second-order valence-electron chi connectivity index (χ2n) is 26.0. The summed E-state index contributed by atoms with van der Waals surface area (Å²) < 4.78 is 56.2. The van der Waals surface area contributed by atoms with Crippen LogP contribution in [0.1, 0.15) is 268 Å². The van der Waals surface area contributed by atoms with E-state index in [2.05, 4.69) is 89.4 Å². The molecule has 15 nitrogen and oxygen atoms in total. The third-order valence-corrected chi connectivity index (χ3v) is 17.4. The highest BCUT2D eigenvalue weighted by Gasteiger charge is 2.26. The summed E-state index contributed by atoms with van der Waals surface area (Å²) in [4.78, 5) is 74.2. The molecule has 0 fully saturated rings. The molecule has 0 aliphatic heterocycles. The zero-order valence-electron chi connectivity index (χ0n) is 60.0. The van der Waals surface area contributed by atoms with Gasteiger partial charge < -0.3 is 42.6 Å². The fourth-order valence-electron chi connectivity index (χ4n) is 12.5. The van der Waals surface area contributed by atoms with E-state index in [0.717, 1.165) is 218 Å². The number of aryl methyl sites for hydroxylation is 4. The summed E-state index contributed by atoms with van der Waals surface area (Å²) in [5.74, 6) is 0.196. The summed E-state index contributed by atoms with van der Waals surface area (Å²) >= 11 is 0. The van der Waals surface area contributed by atoms with Gasteiger partial charge in [-0.05, 0) is 151 Å². The van der Waals surface area contributed by atoms with E-state index in [0.29, 0.717) is 103 Å². The van der Waals surface area contributed by atoms with Gasteiger partial charge in [0, 0.05) is 37.8 Å². The van der Waals surface area contributed by atoms with Gasteiger partial charge in [0.15, 0.2) is 0 Å². The van der Waals surface area contributed by atoms with Crippen LogP contribution < -0.4 is 18.9 Å². The van der Waals surface area contributed by atoms with Crippen LogP contribution in [0.4, 0.5) is 0 Å². The maximum absolute atomic E-state index is 12.8. The van der Waals surface area contributed by atoms with E-state index in [1.807, 2.05) is 0 Å². The van der Waals surface area contributed by atoms with Crippen LogP contribution in [-0.4, -0.2) is 95.6 Å². The number of benzene rings is 4. The highest BCUT2D eigenvalue weighted by Crippen LogP contribution is 2.42. The number of unbranched alkanes of at least 4 members (excludes halogenated alkanes) is 16. The molecule has 15 heteroatoms. The van der Waals surface area contributed by atoms with Crippen molar-refractivity contribution < 1.29 is 71.4 Å². The summed E-state index contributed by atoms with van der Waals surface area (Å²) in [6.07, 6.45) is 29.0. The normalized spacial score (nSPS) is 11.7. The Morgan fingerprint density at radius 2 is 0.577 bits per heavy atom. The Labute approximate surface area is 580 Å². The van der Waals surface area contributed by atoms with Crippen molar-refractivity contribution in [1.29, 1.82) is 0 Å². The molecule has 0 amide bonds. The molecule has 5 rings (SSSR count). The predicted molar refractivity (Wildman–Crippen MR) is 383 cm³/mol. The lowest BCUT2D eigenvalue weighted by Gasteiger charge is -2.25. The zero-order valence-corrected chi connectivity index (χ0v) is 60.0. The minimum absolute atomic E-state index is 0.102. The number of esters is 5. The summed E-state index contributed by atoms with van der Waals surface area (Å²) in [6, 6.07) is 18.0. The molecule has 1 aliphatic rings. The molecule has 4 aromatic rings. The quantitative estimate of drug-likeness (QED) is 0.0118. The first-order valence-electron chi connectivity index (χ1n) is 36.8. The van der Waals surface area contributed by atoms with Gasteiger partial charge >= 0.3 is 29.8 Å². The molecule has 0 unspecified atom stereocenters. The van der Waals surface area contributed by atoms with Gasteiger partial charge in [0.2, 0.25) is 0 Å². The van der Waals surface area contributed by atoms with Crippen molar-refractivity contribution in [2.45, 2.75) is 253 Å². The third kappa shape index (κ3) is 30.9. The molecule has 1 aliphatic carbocycles. The van der Waals surface area contributed by atoms with E-state index in [4.69, 9.17) is 42.6 Å². The van der Waals surface area contributed by atoms with Crippen LogP contribution in [0.15, 0.2) is 73.8 Å². The lowest BCUT2D eigenvalue weighted by Crippen LogP contribution is -2.13. The highest BCUT2D eigenvalue weighted by molar-refractivity contribution is 5.94. The summed E-state index contributed by atoms with van der Waals surface area (Å²) in [7, 11) is 1.25. The SMILES string of the molecule is C=CC(=O)OCCCc1cc2c(OCCCCCCC)c(c1)Cc1cc(CCCOC(=O)CC(=O)OC)cc(c1OCCCCCCC)Cc1cc(CCCOC(=O)C=C)cc(c1OCCCCCCC)Cc1cc(CCCOC(=O)CC(C)=O)cc(c1OCCCCCCC)C2. The van der Waals surface area contributed by atoms with Gasteiger partial charge in [0.05, 0.1) is 60.0 Å². The summed E-state index contributed by atoms with van der Waals surface area (Å²) in [5, 5.41) is 0. The minimum atomic E-state index is -0.655. The zero-order chi connectivity index (χ0) is 69.8. The second-order valence-corrected chi connectivity index (χ2v) is 26.0. The Balaban J connectivity index is 1.92. The van der Waals surface area contributed by atoms with Gasteiger partial charge in [-0.3, -0.25) is 19.2 Å². The van der Waals surface area contributed by atoms with Crippen molar-refractivity contribution in [3.05, 3.63) is 141 Å². The predicted octanol–water partition coefficient (Wildman–Crippen LogP) is 17.6. The number of hydrogen-bond donors (Lipinski definition) is 0. The van der Waals surface area contributed by atoms with E-state index >= 15 is 0 Å². The lowest BCUT2D eigenvalue weighted by molar-refractivity contribution is -0.153. The van der Waals surface area contributed by atoms with E-state index in [-0.39, 0.29) is 38.6 Å². The van der Waals surface area contributed by atoms with Crippen LogP contribution in [0.3, 0.4) is 0 Å². The Morgan fingerprint density at radius 3 is 0.814 bits per heavy atom. The maximum Gasteiger partial charge on any atom is 0.330 e. The molecule has 534 valence electrons. The Morgan fingerprint density at radius 1 is 0.330 bits per heavy atom. The standard InChI is InChI=1S/C82H116O15/c1-9-15-19-23-27-39-94-79-66-48-62(35-31-43-90-74(84)13-5)50-68(79)58-72-54-65(38-34-46-93-78(88)60-76(86)89-8)55-73(82(72)97-42-30-26-22-18-12-4)59-69-51-63(36-32-44-91-75(85)14-6)49-67(80(69)95-40-28-24-20-16-10-2)57-71-53-64(37-33-45-92-77(87)47-61(7)83)52-70(56-66)81(71)96-41-29-25-21-17-11-3/h13-14,48-55H,5-6,9-12,15-47,56-60H2,1-4,7-8H3. The molecule has 0 spiro atoms. The largest absolute Gasteiger partial charge is 0.493 e. The van der Waals surface area contributed by atoms with E-state index in [9.17, 15) is 28.8 Å². The Kier molecular flexibility index (Phi) is 39.3. The number of ketones is 1. The van der Waals surface area contributed by atoms with Gasteiger partial charge in [0.1, 0.15) is 41.6 Å². The first-order valence-corrected chi connectivity index (χ1v) is 36.8. The second kappa shape index (κ2) is 47.5. The maximum atomic E-state index is 12.8. The van der Waals surface area contributed by atoms with Crippen molar-refractivity contribution in [2.75, 3.05) is 60.0 Å². The van der Waals surface area contributed by atoms with Crippen molar-refractivity contribution in [2.24, 2.45) is 0 Å². The van der Waals surface area contributed by atoms with Crippen molar-refractivity contribution in [1.82, 2.24) is 0 Å². The van der Waals surface area contributed by atoms with Gasteiger partial charge in [-0.15, -0.1) is 0 Å². The number of Topliss-reactive ketones (excluding diaryl/α,β-unsaturated/α-hetero) is 1. The summed E-state index contributed by atoms with van der Waals surface area (Å²) in [5.41, 5.74) is 12.1. The average molecular weight is 1340 g/mol. The van der Waals surface area contributed by atoms with Crippen LogP contribution in [0.25, 0.3) is 0 Å². The molecule has 0 saturated carbocycles. The van der Waals surface area contributed by atoms with Crippen LogP contribution in [0.2, 0.25) is 0 Å². The van der Waals surface area contributed by atoms with Crippen LogP contribution >= 0.6 is 0 Å². The number of hydrogen-bond acceptors (Lipinski definition) is 15. The van der Waals surface area contributed by atoms with Gasteiger partial charge in [-0.2, -0.15) is 0 Å². The minimum Gasteiger partial charge on any atom is -0.493 e. The molecular weight excluding hydrogens is 1220 g/mol. The first-order chi connectivity index (χ1) is 47.2. The number of carbonyl (C=O) groups is 6. The molecule has 0 heterocycles. The van der Waals surface area contributed by atoms with Crippen LogP contribution in [0, 0.1) is 0 Å². The number of rotatable bonds is 50. The highest BCUT2D eigenvalue weighted by atomic mass is 16.6. The molecule has 97 heavy (non-hydrogen) atoms. The van der Waals surface area contributed by atoms with E-state index < -0.39 is 36.3 Å². The summed E-state index contributed by atoms with van der Waals surface area (Å²) in [6.45, 7) is 20.2. The number of ether oxygens (including phenoxy) is 9. The monoisotopic (exact) mass is 1340 g/mol. The number of methoxy groups -OCH3 is 1. The van der Waals surface area contributed by atoms with Crippen LogP contribution in [-0.2, 0) is 104 Å². The average Bonchev–Trinajstić information content (AvgIpc) is 0.780. The molecule has 0 saturated heterocycles. The first kappa shape index (κ1) is 80.3. The Bertz CT molecular complexity index is 2940. The van der Waals surface area contributed by atoms with Crippen molar-refractivity contribution >= 4 is 35.6 Å². The van der Waals surface area contributed by atoms with Crippen molar-refractivity contribution in [3.63, 3.8) is 0 Å². The van der Waals surface area contributed by atoms with Gasteiger partial charge in [-0.1, -0.05) is 192 Å². The van der Waals surface area contributed by atoms with E-state index in [1.54, 1.807) is 0 Å². The lowest BCUT2D eigenvalue weighted by atomic mass is 9.87. The van der Waals surface area contributed by atoms with Gasteiger partial charge in [-0.25, -0.2) is 9.59 Å². The van der Waals surface area contributed by atoms with E-state index in [1.165, 1.54) is 26.2 Å². The van der Waals surface area contributed by atoms with Gasteiger partial charge in [0.25, 0.3) is 0 Å². The topological polar surface area (TPSA) is 185 Å². The fourth-order valence-corrected chi connectivity index (χ4v) is 12.5. The van der Waals surface area contributed by atoms with Crippen molar-refractivity contribution in [3.8, 4) is 23.0 Å². The number of fused-ring (bicyclic) bond motifs is 8. The smallest absolute Gasteiger partial charge is 0.330 e. The molecule has 0 radical (unpaired) electrons. The molecule has 4 aromatic carbocycles.